The minimum atomic E-state index is -3.28. The second-order valence-electron chi connectivity index (χ2n) is 8.95. The van der Waals surface area contributed by atoms with E-state index in [1.807, 2.05) is 6.07 Å². The van der Waals surface area contributed by atoms with Crippen molar-refractivity contribution in [2.75, 3.05) is 6.61 Å². The van der Waals surface area contributed by atoms with Gasteiger partial charge in [0.15, 0.2) is 9.84 Å². The van der Waals surface area contributed by atoms with Crippen LogP contribution in [0, 0.1) is 11.6 Å². The van der Waals surface area contributed by atoms with Crippen LogP contribution in [0.4, 0.5) is 13.6 Å². The first kappa shape index (κ1) is 22.2. The summed E-state index contributed by atoms with van der Waals surface area (Å²) in [6, 6.07) is 7.33. The maximum atomic E-state index is 14.4. The number of ether oxygens (including phenoxy) is 1. The number of nitrogens with one attached hydrogen (secondary N) is 1. The number of sulfone groups is 1. The van der Waals surface area contributed by atoms with Crippen LogP contribution in [0.2, 0.25) is 0 Å². The maximum Gasteiger partial charge on any atom is 0.404 e. The minimum Gasteiger partial charge on any atom is -0.465 e. The normalized spacial score (nSPS) is 25.6. The molecule has 33 heavy (non-hydrogen) atoms. The second kappa shape index (κ2) is 8.34. The fourth-order valence-corrected chi connectivity index (χ4v) is 6.51. The van der Waals surface area contributed by atoms with E-state index in [4.69, 9.17) is 4.74 Å². The van der Waals surface area contributed by atoms with Crippen LogP contribution in [0.5, 0.6) is 0 Å². The number of hydrogen-bond donors (Lipinski definition) is 2. The van der Waals surface area contributed by atoms with Gasteiger partial charge in [0.25, 0.3) is 0 Å². The number of rotatable bonds is 5. The van der Waals surface area contributed by atoms with Gasteiger partial charge in [-0.3, -0.25) is 4.90 Å². The van der Waals surface area contributed by atoms with Gasteiger partial charge in [0.05, 0.1) is 22.8 Å². The van der Waals surface area contributed by atoms with Gasteiger partial charge in [-0.2, -0.15) is 0 Å². The second-order valence-corrected chi connectivity index (χ2v) is 11.2. The summed E-state index contributed by atoms with van der Waals surface area (Å²) in [6.07, 6.45) is -0.473. The first-order chi connectivity index (χ1) is 15.7. The Morgan fingerprint density at radius 1 is 1.09 bits per heavy atom. The van der Waals surface area contributed by atoms with Crippen LogP contribution >= 0.6 is 0 Å². The minimum absolute atomic E-state index is 0.0215. The highest BCUT2D eigenvalue weighted by Gasteiger charge is 2.40. The van der Waals surface area contributed by atoms with E-state index in [9.17, 15) is 27.1 Å². The molecule has 1 aliphatic carbocycles. The highest BCUT2D eigenvalue weighted by molar-refractivity contribution is 7.92. The molecule has 10 heteroatoms. The summed E-state index contributed by atoms with van der Waals surface area (Å²) >= 11 is 0. The fourth-order valence-electron chi connectivity index (χ4n) is 4.81. The Bertz CT molecular complexity index is 1200. The van der Waals surface area contributed by atoms with Crippen LogP contribution in [0.3, 0.4) is 0 Å². The zero-order chi connectivity index (χ0) is 23.3. The van der Waals surface area contributed by atoms with Gasteiger partial charge in [-0.1, -0.05) is 6.07 Å². The largest absolute Gasteiger partial charge is 0.465 e. The zero-order valence-corrected chi connectivity index (χ0v) is 18.5. The highest BCUT2D eigenvalue weighted by atomic mass is 32.2. The number of fused-ring (bicyclic) bond motifs is 1. The van der Waals surface area contributed by atoms with Crippen molar-refractivity contribution in [3.63, 3.8) is 0 Å². The van der Waals surface area contributed by atoms with Crippen molar-refractivity contribution in [3.8, 4) is 0 Å². The van der Waals surface area contributed by atoms with Crippen molar-refractivity contribution in [2.45, 2.75) is 60.7 Å². The van der Waals surface area contributed by atoms with Gasteiger partial charge >= 0.3 is 6.09 Å². The van der Waals surface area contributed by atoms with E-state index in [1.54, 1.807) is 12.1 Å². The molecule has 1 saturated heterocycles. The molecule has 0 spiro atoms. The molecule has 0 radical (unpaired) electrons. The Hall–Kier alpha value is -2.56. The number of amides is 1. The van der Waals surface area contributed by atoms with Gasteiger partial charge in [0.2, 0.25) is 0 Å². The van der Waals surface area contributed by atoms with Gasteiger partial charge in [0, 0.05) is 24.7 Å². The standard InChI is InChI=1S/C23H24F2N2O5S/c24-15-2-6-20(25)19(8-15)22-21(26-23(28)29)9-16(12-32-22)27-10-13-1-3-18(7-14(13)11-27)33(30,31)17-4-5-17/h1-3,6-8,16-17,21-22,26H,4-5,9-12H2,(H,28,29)/t16-,21+,22-/m1/s1. The van der Waals surface area contributed by atoms with Crippen molar-refractivity contribution in [2.24, 2.45) is 0 Å². The fraction of sp³-hybridized carbons (Fsp3) is 0.435. The molecule has 2 aromatic carbocycles. The van der Waals surface area contributed by atoms with Crippen LogP contribution in [0.1, 0.15) is 42.1 Å². The lowest BCUT2D eigenvalue weighted by molar-refractivity contribution is -0.0599. The first-order valence-electron chi connectivity index (χ1n) is 10.9. The quantitative estimate of drug-likeness (QED) is 0.684. The topological polar surface area (TPSA) is 95.9 Å². The van der Waals surface area contributed by atoms with E-state index in [-0.39, 0.29) is 23.5 Å². The summed E-state index contributed by atoms with van der Waals surface area (Å²) in [6.45, 7) is 1.29. The van der Waals surface area contributed by atoms with E-state index in [0.717, 1.165) is 29.3 Å². The maximum absolute atomic E-state index is 14.4. The first-order valence-corrected chi connectivity index (χ1v) is 12.4. The SMILES string of the molecule is O=C(O)N[C@H]1C[C@@H](N2Cc3ccc(S(=O)(=O)C4CC4)cc3C2)CO[C@@H]1c1cc(F)ccc1F. The molecule has 176 valence electrons. The summed E-state index contributed by atoms with van der Waals surface area (Å²) in [4.78, 5) is 13.8. The average molecular weight is 479 g/mol. The molecule has 2 heterocycles. The van der Waals surface area contributed by atoms with Crippen LogP contribution in [0.25, 0.3) is 0 Å². The predicted octanol–water partition coefficient (Wildman–Crippen LogP) is 3.38. The van der Waals surface area contributed by atoms with Crippen LogP contribution in [0.15, 0.2) is 41.3 Å². The summed E-state index contributed by atoms with van der Waals surface area (Å²) in [5.74, 6) is -1.28. The van der Waals surface area contributed by atoms with Gasteiger partial charge in [0.1, 0.15) is 17.7 Å². The van der Waals surface area contributed by atoms with E-state index >= 15 is 0 Å². The molecular formula is C23H24F2N2O5S. The molecule has 1 saturated carbocycles. The molecule has 2 aliphatic heterocycles. The molecule has 2 fully saturated rings. The molecule has 5 rings (SSSR count). The summed E-state index contributed by atoms with van der Waals surface area (Å²) in [7, 11) is -3.28. The number of carbonyl (C=O) groups is 1. The third kappa shape index (κ3) is 4.34. The lowest BCUT2D eigenvalue weighted by atomic mass is 9.92. The third-order valence-electron chi connectivity index (χ3n) is 6.67. The third-order valence-corrected chi connectivity index (χ3v) is 8.93. The Morgan fingerprint density at radius 3 is 2.58 bits per heavy atom. The van der Waals surface area contributed by atoms with E-state index < -0.39 is 39.7 Å². The average Bonchev–Trinajstić information content (AvgIpc) is 3.55. The lowest BCUT2D eigenvalue weighted by Gasteiger charge is -2.40. The molecular weight excluding hydrogens is 454 g/mol. The lowest BCUT2D eigenvalue weighted by Crippen LogP contribution is -2.51. The summed E-state index contributed by atoms with van der Waals surface area (Å²) in [5, 5.41) is 11.4. The van der Waals surface area contributed by atoms with Crippen LogP contribution in [-0.4, -0.2) is 48.5 Å². The van der Waals surface area contributed by atoms with E-state index in [0.29, 0.717) is 37.2 Å². The number of nitrogens with zero attached hydrogens (tertiary/aromatic N) is 1. The van der Waals surface area contributed by atoms with Gasteiger partial charge < -0.3 is 15.2 Å². The number of hydrogen-bond acceptors (Lipinski definition) is 5. The molecule has 0 aromatic heterocycles. The van der Waals surface area contributed by atoms with Gasteiger partial charge in [-0.15, -0.1) is 0 Å². The molecule has 2 N–H and O–H groups in total. The predicted molar refractivity (Wildman–Crippen MR) is 114 cm³/mol. The van der Waals surface area contributed by atoms with Crippen LogP contribution in [-0.2, 0) is 27.7 Å². The van der Waals surface area contributed by atoms with Crippen molar-refractivity contribution in [3.05, 3.63) is 64.7 Å². The summed E-state index contributed by atoms with van der Waals surface area (Å²) < 4.78 is 59.1. The van der Waals surface area contributed by atoms with Gasteiger partial charge in [-0.05, 0) is 60.7 Å². The van der Waals surface area contributed by atoms with Crippen molar-refractivity contribution >= 4 is 15.9 Å². The Labute approximate surface area is 190 Å². The molecule has 3 atom stereocenters. The number of benzene rings is 2. The van der Waals surface area contributed by atoms with Crippen molar-refractivity contribution in [1.82, 2.24) is 10.2 Å². The van der Waals surface area contributed by atoms with Crippen molar-refractivity contribution in [1.29, 1.82) is 0 Å². The van der Waals surface area contributed by atoms with Crippen molar-refractivity contribution < 1.29 is 31.8 Å². The number of carboxylic acid groups (broad SMARTS) is 1. The highest BCUT2D eigenvalue weighted by Crippen LogP contribution is 2.38. The smallest absolute Gasteiger partial charge is 0.404 e. The zero-order valence-electron chi connectivity index (χ0n) is 17.7. The Morgan fingerprint density at radius 2 is 1.85 bits per heavy atom. The molecule has 0 unspecified atom stereocenters. The molecule has 7 nitrogen and oxygen atoms in total. The number of halogens is 2. The van der Waals surface area contributed by atoms with Crippen LogP contribution < -0.4 is 5.32 Å². The van der Waals surface area contributed by atoms with E-state index in [2.05, 4.69) is 10.2 Å². The molecule has 3 aliphatic rings. The Kier molecular flexibility index (Phi) is 5.62. The molecule has 0 bridgehead atoms. The monoisotopic (exact) mass is 478 g/mol. The van der Waals surface area contributed by atoms with E-state index in [1.165, 1.54) is 0 Å². The molecule has 1 amide bonds. The van der Waals surface area contributed by atoms with Gasteiger partial charge in [-0.25, -0.2) is 22.0 Å². The Balaban J connectivity index is 1.34. The molecule has 2 aromatic rings. The summed E-state index contributed by atoms with van der Waals surface area (Å²) in [5.41, 5.74) is 1.93.